The summed E-state index contributed by atoms with van der Waals surface area (Å²) in [5.74, 6) is 1.28. The Hall–Kier alpha value is -2.38. The fourth-order valence-electron chi connectivity index (χ4n) is 4.11. The number of hydrogen-bond donors (Lipinski definition) is 1. The number of aryl methyl sites for hydroxylation is 1. The van der Waals surface area contributed by atoms with Crippen LogP contribution < -0.4 is 9.47 Å². The maximum Gasteiger partial charge on any atom is 0.234 e. The first-order valence-corrected chi connectivity index (χ1v) is 12.2. The second kappa shape index (κ2) is 14.4. The van der Waals surface area contributed by atoms with Gasteiger partial charge in [0.15, 0.2) is 0 Å². The van der Waals surface area contributed by atoms with E-state index >= 15 is 0 Å². The topological polar surface area (TPSA) is 67.7 Å². The Kier molecular flexibility index (Phi) is 11.9. The van der Waals surface area contributed by atoms with Crippen LogP contribution in [0.1, 0.15) is 43.9 Å². The van der Waals surface area contributed by atoms with Gasteiger partial charge in [-0.15, -0.1) is 29.9 Å². The monoisotopic (exact) mass is 533 g/mol. The first-order chi connectivity index (χ1) is 16.5. The summed E-state index contributed by atoms with van der Waals surface area (Å²) in [5, 5.41) is 19.7. The van der Waals surface area contributed by atoms with Gasteiger partial charge >= 0.3 is 0 Å². The number of halogens is 2. The predicted octanol–water partition coefficient (Wildman–Crippen LogP) is 5.74. The van der Waals surface area contributed by atoms with Crippen molar-refractivity contribution >= 4 is 24.8 Å². The maximum atomic E-state index is 10.9. The molecule has 0 radical (unpaired) electrons. The summed E-state index contributed by atoms with van der Waals surface area (Å²) >= 11 is 0. The van der Waals surface area contributed by atoms with Gasteiger partial charge in [-0.2, -0.15) is 5.10 Å². The highest BCUT2D eigenvalue weighted by Crippen LogP contribution is 2.29. The van der Waals surface area contributed by atoms with Crippen LogP contribution in [0.25, 0.3) is 11.1 Å². The molecular weight excluding hydrogens is 497 g/mol. The van der Waals surface area contributed by atoms with Gasteiger partial charge in [0.25, 0.3) is 0 Å². The van der Waals surface area contributed by atoms with Crippen molar-refractivity contribution in [2.75, 3.05) is 26.7 Å². The van der Waals surface area contributed by atoms with E-state index in [1.807, 2.05) is 36.4 Å². The molecule has 1 aliphatic rings. The molecule has 1 fully saturated rings. The molecule has 1 aliphatic heterocycles. The molecule has 2 heterocycles. The quantitative estimate of drug-likeness (QED) is 0.358. The minimum absolute atomic E-state index is 0. The highest BCUT2D eigenvalue weighted by Gasteiger charge is 2.32. The number of unbranched alkanes of at least 4 members (excludes halogenated alkanes) is 1. The van der Waals surface area contributed by atoms with Gasteiger partial charge in [0.05, 0.1) is 5.69 Å². The van der Waals surface area contributed by atoms with Crippen molar-refractivity contribution in [3.63, 3.8) is 0 Å². The van der Waals surface area contributed by atoms with E-state index in [0.717, 1.165) is 60.5 Å². The lowest BCUT2D eigenvalue weighted by Gasteiger charge is -2.35. The molecule has 4 rings (SSSR count). The highest BCUT2D eigenvalue weighted by atomic mass is 35.5. The summed E-state index contributed by atoms with van der Waals surface area (Å²) in [5.41, 5.74) is 3.36. The Morgan fingerprint density at radius 1 is 0.944 bits per heavy atom. The number of ether oxygens (including phenoxy) is 2. The van der Waals surface area contributed by atoms with Gasteiger partial charge in [-0.25, -0.2) is 0 Å². The van der Waals surface area contributed by atoms with E-state index in [0.29, 0.717) is 25.3 Å². The molecule has 0 unspecified atom stereocenters. The molecule has 1 N–H and O–H groups in total. The summed E-state index contributed by atoms with van der Waals surface area (Å²) in [6.07, 6.45) is 4.40. The number of likely N-dealkylation sites (tertiary alicyclic amines) is 1. The average Bonchev–Trinajstić information content (AvgIpc) is 2.88. The van der Waals surface area contributed by atoms with E-state index in [9.17, 15) is 5.11 Å². The highest BCUT2D eigenvalue weighted by molar-refractivity contribution is 5.85. The van der Waals surface area contributed by atoms with E-state index in [-0.39, 0.29) is 31.4 Å². The van der Waals surface area contributed by atoms with Gasteiger partial charge in [-0.1, -0.05) is 55.8 Å². The summed E-state index contributed by atoms with van der Waals surface area (Å²) < 4.78 is 11.9. The number of hydrogen-bond acceptors (Lipinski definition) is 6. The van der Waals surface area contributed by atoms with E-state index in [1.165, 1.54) is 0 Å². The third-order valence-corrected chi connectivity index (χ3v) is 6.44. The molecule has 1 aromatic heterocycles. The van der Waals surface area contributed by atoms with Crippen LogP contribution in [0, 0.1) is 0 Å². The standard InChI is InChI=1S/C28H35N3O3.2ClH/c1-3-4-10-26-25(19-27(30-29-26)34-21-28(32)15-17-31(2)18-16-28)23-11-13-24(14-12-23)33-20-22-8-6-5-7-9-22;;/h5-9,11-14,19,32H,3-4,10,15-18,20-21H2,1-2H3;2*1H. The van der Waals surface area contributed by atoms with Crippen LogP contribution in [-0.4, -0.2) is 52.5 Å². The number of aromatic nitrogens is 2. The molecule has 2 aromatic carbocycles. The van der Waals surface area contributed by atoms with Crippen molar-refractivity contribution in [1.29, 1.82) is 0 Å². The lowest BCUT2D eigenvalue weighted by Crippen LogP contribution is -2.46. The molecule has 3 aromatic rings. The summed E-state index contributed by atoms with van der Waals surface area (Å²) in [7, 11) is 2.07. The molecule has 196 valence electrons. The minimum Gasteiger partial charge on any atom is -0.489 e. The van der Waals surface area contributed by atoms with Gasteiger partial charge in [0, 0.05) is 24.7 Å². The first kappa shape index (κ1) is 29.8. The Balaban J connectivity index is 0.00000228. The Labute approximate surface area is 226 Å². The van der Waals surface area contributed by atoms with Crippen molar-refractivity contribution in [2.45, 2.75) is 51.2 Å². The molecule has 36 heavy (non-hydrogen) atoms. The van der Waals surface area contributed by atoms with Crippen LogP contribution in [0.15, 0.2) is 60.7 Å². The fourth-order valence-corrected chi connectivity index (χ4v) is 4.11. The maximum absolute atomic E-state index is 10.9. The SMILES string of the molecule is CCCCc1nnc(OCC2(O)CCN(C)CC2)cc1-c1ccc(OCc2ccccc2)cc1.Cl.Cl. The van der Waals surface area contributed by atoms with Gasteiger partial charge in [-0.3, -0.25) is 0 Å². The number of rotatable bonds is 10. The normalized spacial score (nSPS) is 14.9. The van der Waals surface area contributed by atoms with E-state index in [4.69, 9.17) is 9.47 Å². The summed E-state index contributed by atoms with van der Waals surface area (Å²) in [6, 6.07) is 20.2. The van der Waals surface area contributed by atoms with E-state index < -0.39 is 5.60 Å². The van der Waals surface area contributed by atoms with Crippen molar-refractivity contribution in [3.8, 4) is 22.8 Å². The predicted molar refractivity (Wildman–Crippen MR) is 149 cm³/mol. The molecule has 0 saturated carbocycles. The molecule has 8 heteroatoms. The zero-order valence-electron chi connectivity index (χ0n) is 21.1. The van der Waals surface area contributed by atoms with Crippen LogP contribution >= 0.6 is 24.8 Å². The second-order valence-corrected chi connectivity index (χ2v) is 9.26. The Bertz CT molecular complexity index is 1040. The minimum atomic E-state index is -0.813. The molecule has 1 saturated heterocycles. The van der Waals surface area contributed by atoms with E-state index in [1.54, 1.807) is 0 Å². The zero-order valence-corrected chi connectivity index (χ0v) is 22.7. The molecule has 0 aliphatic carbocycles. The third-order valence-electron chi connectivity index (χ3n) is 6.44. The first-order valence-electron chi connectivity index (χ1n) is 12.2. The Morgan fingerprint density at radius 3 is 2.31 bits per heavy atom. The van der Waals surface area contributed by atoms with Crippen LogP contribution in [0.2, 0.25) is 0 Å². The number of nitrogens with zero attached hydrogens (tertiary/aromatic N) is 3. The van der Waals surface area contributed by atoms with Gasteiger partial charge < -0.3 is 19.5 Å². The number of aliphatic hydroxyl groups is 1. The van der Waals surface area contributed by atoms with Crippen LogP contribution in [0.3, 0.4) is 0 Å². The zero-order chi connectivity index (χ0) is 23.8. The summed E-state index contributed by atoms with van der Waals surface area (Å²) in [6.45, 7) is 4.67. The van der Waals surface area contributed by atoms with Crippen molar-refractivity contribution in [1.82, 2.24) is 15.1 Å². The van der Waals surface area contributed by atoms with Crippen LogP contribution in [0.5, 0.6) is 11.6 Å². The molecule has 0 amide bonds. The summed E-state index contributed by atoms with van der Waals surface area (Å²) in [4.78, 5) is 2.22. The molecule has 6 nitrogen and oxygen atoms in total. The second-order valence-electron chi connectivity index (χ2n) is 9.26. The molecular formula is C28H37Cl2N3O3. The van der Waals surface area contributed by atoms with Crippen molar-refractivity contribution in [3.05, 3.63) is 71.9 Å². The average molecular weight is 535 g/mol. The number of benzene rings is 2. The van der Waals surface area contributed by atoms with Crippen molar-refractivity contribution < 1.29 is 14.6 Å². The number of piperidine rings is 1. The molecule has 0 atom stereocenters. The van der Waals surface area contributed by atoms with Crippen LogP contribution in [-0.2, 0) is 13.0 Å². The smallest absolute Gasteiger partial charge is 0.234 e. The lowest BCUT2D eigenvalue weighted by atomic mass is 9.93. The third kappa shape index (κ3) is 8.34. The fraction of sp³-hybridized carbons (Fsp3) is 0.429. The molecule has 0 spiro atoms. The van der Waals surface area contributed by atoms with Gasteiger partial charge in [-0.05, 0) is 56.0 Å². The van der Waals surface area contributed by atoms with Gasteiger partial charge in [0.1, 0.15) is 24.6 Å². The molecule has 0 bridgehead atoms. The Morgan fingerprint density at radius 2 is 1.64 bits per heavy atom. The van der Waals surface area contributed by atoms with Crippen molar-refractivity contribution in [2.24, 2.45) is 0 Å². The lowest BCUT2D eigenvalue weighted by molar-refractivity contribution is -0.0493. The van der Waals surface area contributed by atoms with Crippen LogP contribution in [0.4, 0.5) is 0 Å². The van der Waals surface area contributed by atoms with Gasteiger partial charge in [0.2, 0.25) is 5.88 Å². The largest absolute Gasteiger partial charge is 0.489 e. The van der Waals surface area contributed by atoms with E-state index in [2.05, 4.69) is 53.3 Å².